The third kappa shape index (κ3) is 3.23. The fourth-order valence-corrected chi connectivity index (χ4v) is 3.08. The van der Waals surface area contributed by atoms with Gasteiger partial charge < -0.3 is 15.2 Å². The first-order valence-corrected chi connectivity index (χ1v) is 7.40. The van der Waals surface area contributed by atoms with Crippen LogP contribution in [0.4, 0.5) is 5.69 Å². The number of carbonyl (C=O) groups is 2. The lowest BCUT2D eigenvalue weighted by atomic mass is 9.72. The fourth-order valence-electron chi connectivity index (χ4n) is 3.08. The zero-order valence-electron chi connectivity index (χ0n) is 14.0. The molecule has 8 heteroatoms. The van der Waals surface area contributed by atoms with E-state index in [1.54, 1.807) is 13.0 Å². The fraction of sp³-hybridized carbons (Fsp3) is 0.294. The summed E-state index contributed by atoms with van der Waals surface area (Å²) in [5, 5.41) is 11.4. The lowest BCUT2D eigenvalue weighted by Gasteiger charge is -2.31. The van der Waals surface area contributed by atoms with E-state index in [1.807, 2.05) is 0 Å². The highest BCUT2D eigenvalue weighted by atomic mass is 16.6. The maximum absolute atomic E-state index is 12.4. The Kier molecular flexibility index (Phi) is 5.21. The van der Waals surface area contributed by atoms with Crippen LogP contribution < -0.4 is 5.73 Å². The molecule has 1 aliphatic rings. The maximum Gasteiger partial charge on any atom is 0.336 e. The summed E-state index contributed by atoms with van der Waals surface area (Å²) in [5.74, 6) is -3.27. The minimum Gasteiger partial charge on any atom is -0.469 e. The summed E-state index contributed by atoms with van der Waals surface area (Å²) in [6.07, 6.45) is 1.49. The van der Waals surface area contributed by atoms with E-state index >= 15 is 0 Å². The van der Waals surface area contributed by atoms with Crippen molar-refractivity contribution < 1.29 is 24.0 Å². The number of ether oxygens (including phenoxy) is 2. The molecule has 1 aromatic rings. The molecule has 0 saturated carbocycles. The predicted molar refractivity (Wildman–Crippen MR) is 88.3 cm³/mol. The molecule has 25 heavy (non-hydrogen) atoms. The van der Waals surface area contributed by atoms with E-state index < -0.39 is 28.7 Å². The monoisotopic (exact) mass is 346 g/mol. The molecule has 0 spiro atoms. The van der Waals surface area contributed by atoms with Gasteiger partial charge in [-0.2, -0.15) is 0 Å². The van der Waals surface area contributed by atoms with Gasteiger partial charge in [-0.15, -0.1) is 0 Å². The third-order valence-electron chi connectivity index (χ3n) is 4.16. The van der Waals surface area contributed by atoms with Crippen molar-refractivity contribution in [2.24, 2.45) is 11.7 Å². The number of nitro groups is 1. The number of nitro benzene ring substituents is 1. The minimum absolute atomic E-state index is 0.00204. The van der Waals surface area contributed by atoms with Crippen LogP contribution in [0.15, 0.2) is 47.2 Å². The molecule has 0 bridgehead atoms. The van der Waals surface area contributed by atoms with E-state index in [0.717, 1.165) is 0 Å². The van der Waals surface area contributed by atoms with Crippen LogP contribution in [0.25, 0.3) is 0 Å². The molecule has 0 unspecified atom stereocenters. The van der Waals surface area contributed by atoms with Gasteiger partial charge in [-0.1, -0.05) is 23.8 Å². The smallest absolute Gasteiger partial charge is 0.336 e. The average Bonchev–Trinajstić information content (AvgIpc) is 2.59. The molecule has 0 fully saturated rings. The lowest BCUT2D eigenvalue weighted by Crippen LogP contribution is -2.33. The molecular weight excluding hydrogens is 328 g/mol. The van der Waals surface area contributed by atoms with Gasteiger partial charge in [0.1, 0.15) is 0 Å². The molecule has 0 saturated heterocycles. The number of nitrogens with two attached hydrogens (primary N) is 1. The van der Waals surface area contributed by atoms with Gasteiger partial charge in [-0.05, 0) is 13.0 Å². The molecule has 2 N–H and O–H groups in total. The third-order valence-corrected chi connectivity index (χ3v) is 4.16. The van der Waals surface area contributed by atoms with E-state index in [9.17, 15) is 19.7 Å². The van der Waals surface area contributed by atoms with Crippen molar-refractivity contribution in [1.82, 2.24) is 0 Å². The summed E-state index contributed by atoms with van der Waals surface area (Å²) in [5.41, 5.74) is 6.60. The quantitative estimate of drug-likeness (QED) is 0.501. The molecule has 1 aliphatic carbocycles. The van der Waals surface area contributed by atoms with Crippen molar-refractivity contribution in [3.63, 3.8) is 0 Å². The summed E-state index contributed by atoms with van der Waals surface area (Å²) < 4.78 is 9.63. The van der Waals surface area contributed by atoms with Crippen molar-refractivity contribution in [3.8, 4) is 0 Å². The first kappa shape index (κ1) is 18.2. The number of esters is 2. The second-order valence-corrected chi connectivity index (χ2v) is 5.54. The highest BCUT2D eigenvalue weighted by molar-refractivity contribution is 5.95. The maximum atomic E-state index is 12.4. The Morgan fingerprint density at radius 1 is 1.20 bits per heavy atom. The normalized spacial score (nSPS) is 19.9. The van der Waals surface area contributed by atoms with Gasteiger partial charge in [0.15, 0.2) is 0 Å². The van der Waals surface area contributed by atoms with Gasteiger partial charge in [-0.25, -0.2) is 4.79 Å². The van der Waals surface area contributed by atoms with Crippen molar-refractivity contribution in [2.45, 2.75) is 12.8 Å². The Balaban J connectivity index is 2.78. The van der Waals surface area contributed by atoms with Gasteiger partial charge in [0, 0.05) is 23.2 Å². The summed E-state index contributed by atoms with van der Waals surface area (Å²) in [4.78, 5) is 35.5. The Morgan fingerprint density at radius 3 is 2.40 bits per heavy atom. The Labute approximate surface area is 144 Å². The first-order valence-electron chi connectivity index (χ1n) is 7.40. The van der Waals surface area contributed by atoms with E-state index in [0.29, 0.717) is 5.57 Å². The number of benzene rings is 1. The van der Waals surface area contributed by atoms with Crippen LogP contribution in [0.3, 0.4) is 0 Å². The molecule has 8 nitrogen and oxygen atoms in total. The first-order chi connectivity index (χ1) is 11.8. The molecule has 2 rings (SSSR count). The molecule has 2 atom stereocenters. The summed E-state index contributed by atoms with van der Waals surface area (Å²) in [6, 6.07) is 5.90. The standard InChI is InChI=1S/C17H18N2O6/c1-9-8-11(18)15(17(21)25-3)14(13(9)16(20)24-2)10-6-4-5-7-12(10)19(22)23/h4-8,13-14H,18H2,1-3H3/t13-,14+/m0/s1. The largest absolute Gasteiger partial charge is 0.469 e. The van der Waals surface area contributed by atoms with E-state index in [1.165, 1.54) is 38.5 Å². The Bertz CT molecular complexity index is 796. The second-order valence-electron chi connectivity index (χ2n) is 5.54. The molecule has 1 aromatic carbocycles. The van der Waals surface area contributed by atoms with Crippen molar-refractivity contribution in [3.05, 3.63) is 62.9 Å². The van der Waals surface area contributed by atoms with Gasteiger partial charge in [0.05, 0.1) is 30.6 Å². The van der Waals surface area contributed by atoms with Crippen LogP contribution >= 0.6 is 0 Å². The number of carbonyl (C=O) groups excluding carboxylic acids is 2. The van der Waals surface area contributed by atoms with Crippen LogP contribution in [0, 0.1) is 16.0 Å². The van der Waals surface area contributed by atoms with Crippen LogP contribution in [-0.4, -0.2) is 31.1 Å². The molecule has 132 valence electrons. The highest BCUT2D eigenvalue weighted by Crippen LogP contribution is 2.44. The summed E-state index contributed by atoms with van der Waals surface area (Å²) >= 11 is 0. The number of rotatable bonds is 4. The molecule has 0 aromatic heterocycles. The van der Waals surface area contributed by atoms with Gasteiger partial charge in [0.2, 0.25) is 0 Å². The van der Waals surface area contributed by atoms with Crippen molar-refractivity contribution in [1.29, 1.82) is 0 Å². The van der Waals surface area contributed by atoms with Crippen molar-refractivity contribution in [2.75, 3.05) is 14.2 Å². The molecule has 0 heterocycles. The molecule has 0 aliphatic heterocycles. The number of methoxy groups -OCH3 is 2. The number of para-hydroxylation sites is 1. The van der Waals surface area contributed by atoms with Gasteiger partial charge in [0.25, 0.3) is 5.69 Å². The van der Waals surface area contributed by atoms with Crippen LogP contribution in [0.5, 0.6) is 0 Å². The SMILES string of the molecule is COC(=O)C1=C(N)C=C(C)[C@H](C(=O)OC)[C@H]1c1ccccc1[N+](=O)[O-]. The van der Waals surface area contributed by atoms with Crippen molar-refractivity contribution >= 4 is 17.6 Å². The minimum atomic E-state index is -0.980. The number of hydrogen-bond donors (Lipinski definition) is 1. The van der Waals surface area contributed by atoms with E-state index in [-0.39, 0.29) is 22.5 Å². The van der Waals surface area contributed by atoms with Crippen LogP contribution in [0.1, 0.15) is 18.4 Å². The van der Waals surface area contributed by atoms with E-state index in [2.05, 4.69) is 0 Å². The van der Waals surface area contributed by atoms with Crippen LogP contribution in [-0.2, 0) is 19.1 Å². The molecular formula is C17H18N2O6. The second kappa shape index (κ2) is 7.16. The average molecular weight is 346 g/mol. The van der Waals surface area contributed by atoms with Crippen LogP contribution in [0.2, 0.25) is 0 Å². The van der Waals surface area contributed by atoms with E-state index in [4.69, 9.17) is 15.2 Å². The Morgan fingerprint density at radius 2 is 1.84 bits per heavy atom. The highest BCUT2D eigenvalue weighted by Gasteiger charge is 2.43. The zero-order valence-corrected chi connectivity index (χ0v) is 14.0. The number of allylic oxidation sites excluding steroid dienone is 1. The number of hydrogen-bond acceptors (Lipinski definition) is 7. The Hall–Kier alpha value is -3.16. The number of nitrogens with zero attached hydrogens (tertiary/aromatic N) is 1. The molecule has 0 amide bonds. The summed E-state index contributed by atoms with van der Waals surface area (Å²) in [7, 11) is 2.39. The van der Waals surface area contributed by atoms with Gasteiger partial charge >= 0.3 is 11.9 Å². The topological polar surface area (TPSA) is 122 Å². The summed E-state index contributed by atoms with van der Waals surface area (Å²) in [6.45, 7) is 1.66. The lowest BCUT2D eigenvalue weighted by molar-refractivity contribution is -0.385. The zero-order chi connectivity index (χ0) is 18.7. The molecule has 0 radical (unpaired) electrons. The predicted octanol–water partition coefficient (Wildman–Crippen LogP) is 1.81. The van der Waals surface area contributed by atoms with Gasteiger partial charge in [-0.3, -0.25) is 14.9 Å².